The summed E-state index contributed by atoms with van der Waals surface area (Å²) >= 11 is -0.994. The molecular weight excluding hydrogens is 648 g/mol. The maximum atomic E-state index is 12.8. The van der Waals surface area contributed by atoms with Gasteiger partial charge in [-0.1, -0.05) is 0 Å². The fourth-order valence-corrected chi connectivity index (χ4v) is 6.27. The van der Waals surface area contributed by atoms with Gasteiger partial charge < -0.3 is 0 Å². The molecule has 186 valence electrons. The summed E-state index contributed by atoms with van der Waals surface area (Å²) in [6, 6.07) is 8.02. The average molecular weight is 660 g/mol. The van der Waals surface area contributed by atoms with Gasteiger partial charge in [0, 0.05) is 0 Å². The Balaban J connectivity index is 2.18. The van der Waals surface area contributed by atoms with E-state index in [1.54, 1.807) is 11.6 Å². The van der Waals surface area contributed by atoms with Gasteiger partial charge in [0.2, 0.25) is 0 Å². The molecule has 6 nitrogen and oxygen atoms in total. The summed E-state index contributed by atoms with van der Waals surface area (Å²) in [6.07, 6.45) is 0. The zero-order chi connectivity index (χ0) is 25.7. The van der Waals surface area contributed by atoms with Crippen molar-refractivity contribution in [2.24, 2.45) is 0 Å². The number of alkyl halides is 6. The van der Waals surface area contributed by atoms with E-state index >= 15 is 0 Å². The van der Waals surface area contributed by atoms with Crippen LogP contribution in [-0.2, 0) is 20.2 Å². The van der Waals surface area contributed by atoms with Crippen LogP contribution in [0.4, 0.5) is 26.3 Å². The molecule has 3 aromatic carbocycles. The van der Waals surface area contributed by atoms with Crippen molar-refractivity contribution in [3.63, 3.8) is 0 Å². The number of fused-ring (bicyclic) bond motifs is 2. The summed E-state index contributed by atoms with van der Waals surface area (Å²) in [5.41, 5.74) is -11.2. The van der Waals surface area contributed by atoms with Crippen molar-refractivity contribution in [3.8, 4) is 11.5 Å². The molecule has 3 rings (SSSR count). The van der Waals surface area contributed by atoms with E-state index in [1.807, 2.05) is 0 Å². The first-order chi connectivity index (χ1) is 15.5. The third kappa shape index (κ3) is 5.26. The third-order valence-corrected chi connectivity index (χ3v) is 9.44. The first-order valence-electron chi connectivity index (χ1n) is 8.64. The second kappa shape index (κ2) is 9.07. The Morgan fingerprint density at radius 1 is 0.588 bits per heavy atom. The molecule has 0 heterocycles. The van der Waals surface area contributed by atoms with Crippen LogP contribution in [-0.4, -0.2) is 57.8 Å². The Hall–Kier alpha value is -1.70. The van der Waals surface area contributed by atoms with Gasteiger partial charge in [-0.15, -0.1) is 0 Å². The molecule has 0 fully saturated rings. The first-order valence-corrected chi connectivity index (χ1v) is 16.6. The molecule has 0 aromatic heterocycles. The standard InChI is InChI=1S/C18H12F6O6S2Se2/c1-33-15-7-11-3-10-6-14(30-32(27,28)18(22,23)24)16(34-2)8-12(10)4-9(11)5-13(15)29-31(25,26)17(19,20)21/h3-8H,1-2H3. The Morgan fingerprint density at radius 2 is 0.882 bits per heavy atom. The molecule has 3 aromatic rings. The van der Waals surface area contributed by atoms with Crippen LogP contribution in [0.2, 0.25) is 11.6 Å². The quantitative estimate of drug-likeness (QED) is 0.133. The van der Waals surface area contributed by atoms with Crippen LogP contribution in [0.3, 0.4) is 0 Å². The number of benzene rings is 3. The van der Waals surface area contributed by atoms with E-state index in [2.05, 4.69) is 8.37 Å². The van der Waals surface area contributed by atoms with Crippen LogP contribution >= 0.6 is 0 Å². The van der Waals surface area contributed by atoms with Gasteiger partial charge in [0.15, 0.2) is 0 Å². The minimum atomic E-state index is -5.89. The van der Waals surface area contributed by atoms with E-state index < -0.39 is 72.7 Å². The van der Waals surface area contributed by atoms with Crippen molar-refractivity contribution < 1.29 is 51.5 Å². The molecule has 0 bridgehead atoms. The number of hydrogen-bond donors (Lipinski definition) is 0. The molecule has 0 aliphatic carbocycles. The number of halogens is 6. The van der Waals surface area contributed by atoms with E-state index in [0.717, 1.165) is 12.1 Å². The molecule has 0 radical (unpaired) electrons. The Kier molecular flexibility index (Phi) is 7.17. The molecule has 0 aliphatic heterocycles. The van der Waals surface area contributed by atoms with E-state index in [0.29, 0.717) is 21.5 Å². The third-order valence-electron chi connectivity index (χ3n) is 4.33. The molecule has 0 saturated heterocycles. The fourth-order valence-electron chi connectivity index (χ4n) is 2.80. The summed E-state index contributed by atoms with van der Waals surface area (Å²) in [4.78, 5) is 0. The van der Waals surface area contributed by atoms with Gasteiger partial charge in [-0.3, -0.25) is 0 Å². The molecule has 0 spiro atoms. The second-order valence-corrected chi connectivity index (χ2v) is 13.2. The van der Waals surface area contributed by atoms with E-state index in [1.165, 1.54) is 24.3 Å². The van der Waals surface area contributed by atoms with Crippen LogP contribution in [0.1, 0.15) is 0 Å². The Bertz CT molecular complexity index is 1370. The zero-order valence-electron chi connectivity index (χ0n) is 16.8. The maximum absolute atomic E-state index is 12.8. The summed E-state index contributed by atoms with van der Waals surface area (Å²) < 4.78 is 131. The SMILES string of the molecule is C[Se]c1cc2cc3cc(OS(=O)(=O)C(F)(F)F)c([Se]C)cc3cc2cc1OS(=O)(=O)C(F)(F)F. The van der Waals surface area contributed by atoms with Crippen molar-refractivity contribution in [2.45, 2.75) is 22.7 Å². The summed E-state index contributed by atoms with van der Waals surface area (Å²) in [6.45, 7) is 0. The fraction of sp³-hybridized carbons (Fsp3) is 0.222. The molecule has 0 aliphatic rings. The van der Waals surface area contributed by atoms with Crippen molar-refractivity contribution in [2.75, 3.05) is 0 Å². The van der Waals surface area contributed by atoms with Gasteiger partial charge in [0.25, 0.3) is 0 Å². The normalized spacial score (nSPS) is 13.4. The Labute approximate surface area is 202 Å². The first kappa shape index (κ1) is 26.9. The van der Waals surface area contributed by atoms with Crippen LogP contribution in [0.5, 0.6) is 11.5 Å². The van der Waals surface area contributed by atoms with E-state index in [9.17, 15) is 43.2 Å². The van der Waals surface area contributed by atoms with E-state index in [4.69, 9.17) is 0 Å². The summed E-state index contributed by atoms with van der Waals surface area (Å²) in [5.74, 6) is 2.27. The Morgan fingerprint density at radius 3 is 1.15 bits per heavy atom. The van der Waals surface area contributed by atoms with Crippen molar-refractivity contribution in [3.05, 3.63) is 36.4 Å². The molecule has 0 saturated carbocycles. The van der Waals surface area contributed by atoms with Gasteiger partial charge in [0.05, 0.1) is 0 Å². The minimum absolute atomic E-state index is 0.191. The van der Waals surface area contributed by atoms with Crippen molar-refractivity contribution in [1.29, 1.82) is 0 Å². The van der Waals surface area contributed by atoms with Gasteiger partial charge in [-0.05, 0) is 0 Å². The molecular formula is C18H12F6O6S2Se2. The van der Waals surface area contributed by atoms with Crippen LogP contribution in [0, 0.1) is 0 Å². The molecule has 0 amide bonds. The van der Waals surface area contributed by atoms with Gasteiger partial charge in [0.1, 0.15) is 0 Å². The topological polar surface area (TPSA) is 86.7 Å². The van der Waals surface area contributed by atoms with Gasteiger partial charge >= 0.3 is 203 Å². The van der Waals surface area contributed by atoms with Gasteiger partial charge in [-0.25, -0.2) is 0 Å². The van der Waals surface area contributed by atoms with E-state index in [-0.39, 0.29) is 8.92 Å². The predicted octanol–water partition coefficient (Wildman–Crippen LogP) is 3.21. The average Bonchev–Trinajstić information content (AvgIpc) is 2.69. The predicted molar refractivity (Wildman–Crippen MR) is 115 cm³/mol. The molecule has 0 N–H and O–H groups in total. The van der Waals surface area contributed by atoms with Crippen molar-refractivity contribution in [1.82, 2.24) is 0 Å². The van der Waals surface area contributed by atoms with Gasteiger partial charge in [-0.2, -0.15) is 0 Å². The summed E-state index contributed by atoms with van der Waals surface area (Å²) in [5, 5.41) is 1.45. The van der Waals surface area contributed by atoms with Crippen molar-refractivity contribution >= 4 is 80.6 Å². The number of hydrogen-bond acceptors (Lipinski definition) is 6. The molecule has 34 heavy (non-hydrogen) atoms. The zero-order valence-corrected chi connectivity index (χ0v) is 21.9. The summed E-state index contributed by atoms with van der Waals surface area (Å²) in [7, 11) is -11.8. The molecule has 16 heteroatoms. The molecule has 0 unspecified atom stereocenters. The monoisotopic (exact) mass is 662 g/mol. The van der Waals surface area contributed by atoms with Crippen LogP contribution < -0.4 is 17.3 Å². The second-order valence-electron chi connectivity index (χ2n) is 6.52. The molecule has 0 atom stereocenters. The number of rotatable bonds is 6. The van der Waals surface area contributed by atoms with Crippen LogP contribution in [0.25, 0.3) is 21.5 Å². The van der Waals surface area contributed by atoms with Crippen LogP contribution in [0.15, 0.2) is 36.4 Å².